The summed E-state index contributed by atoms with van der Waals surface area (Å²) >= 11 is 5.89. The van der Waals surface area contributed by atoms with E-state index in [0.29, 0.717) is 10.8 Å². The molecule has 2 atom stereocenters. The summed E-state index contributed by atoms with van der Waals surface area (Å²) in [4.78, 5) is 24.2. The SMILES string of the molecule is Cc1cc(OCC(=O)N2C[C@@H](O)C[C@H]2C(=O)O)ccc1Cl. The lowest BCUT2D eigenvalue weighted by molar-refractivity contribution is -0.148. The lowest BCUT2D eigenvalue weighted by Gasteiger charge is -2.21. The number of likely N-dealkylation sites (tertiary alicyclic amines) is 1. The number of nitrogens with zero attached hydrogens (tertiary/aromatic N) is 1. The summed E-state index contributed by atoms with van der Waals surface area (Å²) in [6.07, 6.45) is -0.769. The summed E-state index contributed by atoms with van der Waals surface area (Å²) in [7, 11) is 0. The minimum absolute atomic E-state index is 0.0127. The van der Waals surface area contributed by atoms with Crippen molar-refractivity contribution >= 4 is 23.5 Å². The number of β-amino-alcohol motifs (C(OH)–C–C–N with tert-alkyl or cyclic N) is 1. The van der Waals surface area contributed by atoms with E-state index in [9.17, 15) is 14.7 Å². The number of rotatable bonds is 4. The van der Waals surface area contributed by atoms with Crippen LogP contribution in [0.15, 0.2) is 18.2 Å². The number of hydrogen-bond donors (Lipinski definition) is 2. The fourth-order valence-corrected chi connectivity index (χ4v) is 2.38. The van der Waals surface area contributed by atoms with Crippen molar-refractivity contribution in [2.75, 3.05) is 13.2 Å². The third kappa shape index (κ3) is 3.65. The van der Waals surface area contributed by atoms with Gasteiger partial charge in [0.25, 0.3) is 5.91 Å². The van der Waals surface area contributed by atoms with Gasteiger partial charge in [-0.15, -0.1) is 0 Å². The Kier molecular flexibility index (Phi) is 4.69. The summed E-state index contributed by atoms with van der Waals surface area (Å²) in [5, 5.41) is 19.1. The molecule has 0 bridgehead atoms. The van der Waals surface area contributed by atoms with Gasteiger partial charge in [-0.2, -0.15) is 0 Å². The van der Waals surface area contributed by atoms with Crippen molar-refractivity contribution in [3.05, 3.63) is 28.8 Å². The van der Waals surface area contributed by atoms with E-state index < -0.39 is 24.0 Å². The molecule has 1 aromatic rings. The van der Waals surface area contributed by atoms with Gasteiger partial charge in [-0.3, -0.25) is 4.79 Å². The van der Waals surface area contributed by atoms with Gasteiger partial charge in [0.2, 0.25) is 0 Å². The molecule has 6 nitrogen and oxygen atoms in total. The number of carbonyl (C=O) groups is 2. The minimum Gasteiger partial charge on any atom is -0.484 e. The summed E-state index contributed by atoms with van der Waals surface area (Å²) in [6.45, 7) is 1.55. The van der Waals surface area contributed by atoms with E-state index >= 15 is 0 Å². The molecular weight excluding hydrogens is 298 g/mol. The number of benzene rings is 1. The molecule has 1 heterocycles. The highest BCUT2D eigenvalue weighted by Crippen LogP contribution is 2.22. The van der Waals surface area contributed by atoms with Crippen LogP contribution in [0.3, 0.4) is 0 Å². The minimum atomic E-state index is -1.12. The van der Waals surface area contributed by atoms with Crippen molar-refractivity contribution in [2.24, 2.45) is 0 Å². The first-order valence-electron chi connectivity index (χ1n) is 6.47. The van der Waals surface area contributed by atoms with Crippen LogP contribution in [-0.2, 0) is 9.59 Å². The molecule has 114 valence electrons. The van der Waals surface area contributed by atoms with Gasteiger partial charge in [-0.25, -0.2) is 4.79 Å². The van der Waals surface area contributed by atoms with Gasteiger partial charge in [-0.1, -0.05) is 11.6 Å². The maximum Gasteiger partial charge on any atom is 0.326 e. The maximum atomic E-state index is 12.0. The van der Waals surface area contributed by atoms with Crippen LogP contribution in [0.2, 0.25) is 5.02 Å². The highest BCUT2D eigenvalue weighted by molar-refractivity contribution is 6.31. The van der Waals surface area contributed by atoms with Crippen LogP contribution in [0.1, 0.15) is 12.0 Å². The molecule has 1 aliphatic heterocycles. The van der Waals surface area contributed by atoms with Gasteiger partial charge < -0.3 is 19.8 Å². The van der Waals surface area contributed by atoms with E-state index in [4.69, 9.17) is 21.4 Å². The van der Waals surface area contributed by atoms with Gasteiger partial charge in [-0.05, 0) is 30.7 Å². The molecule has 1 aliphatic rings. The Hall–Kier alpha value is -1.79. The zero-order chi connectivity index (χ0) is 15.6. The highest BCUT2D eigenvalue weighted by Gasteiger charge is 2.38. The van der Waals surface area contributed by atoms with E-state index in [0.717, 1.165) is 10.5 Å². The Morgan fingerprint density at radius 2 is 2.19 bits per heavy atom. The lowest BCUT2D eigenvalue weighted by Crippen LogP contribution is -2.42. The fraction of sp³-hybridized carbons (Fsp3) is 0.429. The number of amides is 1. The van der Waals surface area contributed by atoms with Crippen molar-refractivity contribution in [1.82, 2.24) is 4.90 Å². The second kappa shape index (κ2) is 6.32. The predicted molar refractivity (Wildman–Crippen MR) is 75.4 cm³/mol. The quantitative estimate of drug-likeness (QED) is 0.868. The fourth-order valence-electron chi connectivity index (χ4n) is 2.26. The van der Waals surface area contributed by atoms with Gasteiger partial charge in [0.1, 0.15) is 11.8 Å². The predicted octanol–water partition coefficient (Wildman–Crippen LogP) is 1.07. The Balaban J connectivity index is 1.97. The van der Waals surface area contributed by atoms with E-state index in [1.54, 1.807) is 18.2 Å². The van der Waals surface area contributed by atoms with E-state index in [-0.39, 0.29) is 19.6 Å². The van der Waals surface area contributed by atoms with Gasteiger partial charge in [0, 0.05) is 18.0 Å². The van der Waals surface area contributed by atoms with Crippen molar-refractivity contribution in [3.8, 4) is 5.75 Å². The first-order valence-corrected chi connectivity index (χ1v) is 6.85. The average Bonchev–Trinajstić information content (AvgIpc) is 2.82. The number of aliphatic carboxylic acids is 1. The van der Waals surface area contributed by atoms with Crippen molar-refractivity contribution in [2.45, 2.75) is 25.5 Å². The number of ether oxygens (including phenoxy) is 1. The number of hydrogen-bond acceptors (Lipinski definition) is 4. The van der Waals surface area contributed by atoms with Crippen LogP contribution in [0, 0.1) is 6.92 Å². The van der Waals surface area contributed by atoms with Gasteiger partial charge >= 0.3 is 5.97 Å². The average molecular weight is 314 g/mol. The molecule has 2 N–H and O–H groups in total. The Bertz CT molecular complexity index is 562. The first-order chi connectivity index (χ1) is 9.88. The first kappa shape index (κ1) is 15.6. The van der Waals surface area contributed by atoms with E-state index in [1.165, 1.54) is 0 Å². The van der Waals surface area contributed by atoms with Crippen LogP contribution >= 0.6 is 11.6 Å². The van der Waals surface area contributed by atoms with E-state index in [2.05, 4.69) is 0 Å². The summed E-state index contributed by atoms with van der Waals surface area (Å²) < 4.78 is 5.35. The van der Waals surface area contributed by atoms with Crippen LogP contribution < -0.4 is 4.74 Å². The molecule has 2 rings (SSSR count). The van der Waals surface area contributed by atoms with Gasteiger partial charge in [0.05, 0.1) is 6.10 Å². The number of aryl methyl sites for hydroxylation is 1. The zero-order valence-electron chi connectivity index (χ0n) is 11.5. The van der Waals surface area contributed by atoms with Gasteiger partial charge in [0.15, 0.2) is 6.61 Å². The molecule has 21 heavy (non-hydrogen) atoms. The van der Waals surface area contributed by atoms with E-state index in [1.807, 2.05) is 6.92 Å². The monoisotopic (exact) mass is 313 g/mol. The number of carboxylic acid groups (broad SMARTS) is 1. The summed E-state index contributed by atoms with van der Waals surface area (Å²) in [6, 6.07) is 4.00. The van der Waals surface area contributed by atoms with Crippen LogP contribution in [0.4, 0.5) is 0 Å². The molecule has 0 saturated carbocycles. The topological polar surface area (TPSA) is 87.1 Å². The molecule has 0 radical (unpaired) electrons. The Morgan fingerprint density at radius 3 is 2.81 bits per heavy atom. The number of aliphatic hydroxyl groups excluding tert-OH is 1. The van der Waals surface area contributed by atoms with Crippen molar-refractivity contribution in [1.29, 1.82) is 0 Å². The summed E-state index contributed by atoms with van der Waals surface area (Å²) in [5.41, 5.74) is 0.821. The molecule has 1 saturated heterocycles. The third-order valence-electron chi connectivity index (χ3n) is 3.38. The second-order valence-corrected chi connectivity index (χ2v) is 5.40. The second-order valence-electron chi connectivity index (χ2n) is 4.99. The summed E-state index contributed by atoms with van der Waals surface area (Å²) in [5.74, 6) is -1.11. The van der Waals surface area contributed by atoms with Crippen LogP contribution in [-0.4, -0.2) is 52.3 Å². The number of aliphatic hydroxyl groups is 1. The third-order valence-corrected chi connectivity index (χ3v) is 3.80. The smallest absolute Gasteiger partial charge is 0.326 e. The Morgan fingerprint density at radius 1 is 1.48 bits per heavy atom. The highest BCUT2D eigenvalue weighted by atomic mass is 35.5. The van der Waals surface area contributed by atoms with Crippen LogP contribution in [0.25, 0.3) is 0 Å². The molecule has 0 aliphatic carbocycles. The van der Waals surface area contributed by atoms with Crippen LogP contribution in [0.5, 0.6) is 5.75 Å². The number of carboxylic acids is 1. The molecule has 0 spiro atoms. The largest absolute Gasteiger partial charge is 0.484 e. The molecule has 1 aromatic carbocycles. The van der Waals surface area contributed by atoms with Crippen molar-refractivity contribution in [3.63, 3.8) is 0 Å². The number of carbonyl (C=O) groups excluding carboxylic acids is 1. The van der Waals surface area contributed by atoms with Crippen molar-refractivity contribution < 1.29 is 24.5 Å². The normalized spacial score (nSPS) is 21.4. The number of halogens is 1. The molecule has 1 amide bonds. The lowest BCUT2D eigenvalue weighted by atomic mass is 10.2. The molecule has 0 aromatic heterocycles. The zero-order valence-corrected chi connectivity index (χ0v) is 12.2. The molecule has 7 heteroatoms. The molecule has 1 fully saturated rings. The maximum absolute atomic E-state index is 12.0. The molecular formula is C14H16ClNO5. The standard InChI is InChI=1S/C14H16ClNO5/c1-8-4-10(2-3-11(8)15)21-7-13(18)16-6-9(17)5-12(16)14(19)20/h2-4,9,12,17H,5-7H2,1H3,(H,19,20)/t9-,12-/m0/s1. The molecule has 0 unspecified atom stereocenters. The Labute approximate surface area is 126 Å².